The summed E-state index contributed by atoms with van der Waals surface area (Å²) in [6.45, 7) is 3.64. The summed E-state index contributed by atoms with van der Waals surface area (Å²) >= 11 is 0. The molecule has 2 aliphatic rings. The molecule has 0 spiro atoms. The van der Waals surface area contributed by atoms with E-state index in [0.29, 0.717) is 5.54 Å². The number of benzene rings is 1. The van der Waals surface area contributed by atoms with E-state index in [1.807, 2.05) is 0 Å². The van der Waals surface area contributed by atoms with E-state index in [1.165, 1.54) is 44.1 Å². The first kappa shape index (κ1) is 11.3. The highest BCUT2D eigenvalue weighted by atomic mass is 15.2. The zero-order valence-corrected chi connectivity index (χ0v) is 10.9. The predicted octanol–water partition coefficient (Wildman–Crippen LogP) is 3.98. The van der Waals surface area contributed by atoms with Crippen LogP contribution in [-0.4, -0.2) is 16.5 Å². The second kappa shape index (κ2) is 4.45. The van der Waals surface area contributed by atoms with Crippen LogP contribution in [0.25, 0.3) is 0 Å². The maximum Gasteiger partial charge on any atom is 0.0242 e. The summed E-state index contributed by atoms with van der Waals surface area (Å²) < 4.78 is 0. The van der Waals surface area contributed by atoms with E-state index in [1.54, 1.807) is 0 Å². The number of nitrogens with zero attached hydrogens (tertiary/aromatic N) is 1. The molecule has 0 aliphatic carbocycles. The van der Waals surface area contributed by atoms with Crippen molar-refractivity contribution < 1.29 is 0 Å². The van der Waals surface area contributed by atoms with Crippen LogP contribution in [0.4, 0.5) is 0 Å². The second-order valence-electron chi connectivity index (χ2n) is 6.05. The van der Waals surface area contributed by atoms with Crippen molar-refractivity contribution >= 4 is 0 Å². The van der Waals surface area contributed by atoms with Gasteiger partial charge < -0.3 is 0 Å². The van der Waals surface area contributed by atoms with Crippen LogP contribution >= 0.6 is 0 Å². The molecule has 3 rings (SSSR count). The van der Waals surface area contributed by atoms with Crippen LogP contribution in [0.2, 0.25) is 0 Å². The standard InChI is InChI=1S/C16H23N/c1-16-11-6-5-9-15(10-12-16)17(16)13-14-7-3-2-4-8-14/h2-4,7-8,15H,5-6,9-13H2,1H3. The lowest BCUT2D eigenvalue weighted by atomic mass is 9.90. The van der Waals surface area contributed by atoms with E-state index in [0.717, 1.165) is 12.6 Å². The van der Waals surface area contributed by atoms with Crippen molar-refractivity contribution in [3.63, 3.8) is 0 Å². The quantitative estimate of drug-likeness (QED) is 0.741. The zero-order chi connectivity index (χ0) is 11.7. The molecule has 2 aliphatic heterocycles. The van der Waals surface area contributed by atoms with Gasteiger partial charge in [-0.05, 0) is 38.2 Å². The molecule has 1 aromatic rings. The van der Waals surface area contributed by atoms with Crippen molar-refractivity contribution in [1.82, 2.24) is 4.90 Å². The molecule has 0 N–H and O–H groups in total. The summed E-state index contributed by atoms with van der Waals surface area (Å²) in [5, 5.41) is 0. The topological polar surface area (TPSA) is 3.24 Å². The average Bonchev–Trinajstić information content (AvgIpc) is 2.54. The first-order chi connectivity index (χ1) is 8.28. The van der Waals surface area contributed by atoms with E-state index >= 15 is 0 Å². The number of hydrogen-bond acceptors (Lipinski definition) is 1. The largest absolute Gasteiger partial charge is 0.291 e. The molecule has 0 radical (unpaired) electrons. The Kier molecular flexibility index (Phi) is 2.96. The van der Waals surface area contributed by atoms with Gasteiger partial charge in [0.05, 0.1) is 0 Å². The molecule has 1 aromatic carbocycles. The van der Waals surface area contributed by atoms with Crippen LogP contribution in [-0.2, 0) is 6.54 Å². The Hall–Kier alpha value is -0.820. The SMILES string of the molecule is CC12CCCCC(CC1)N2Cc1ccccc1. The molecule has 0 saturated carbocycles. The first-order valence-electron chi connectivity index (χ1n) is 7.09. The molecule has 2 fully saturated rings. The molecule has 1 nitrogen and oxygen atoms in total. The van der Waals surface area contributed by atoms with Gasteiger partial charge in [-0.15, -0.1) is 0 Å². The third-order valence-electron chi connectivity index (χ3n) is 4.85. The molecule has 2 unspecified atom stereocenters. The third-order valence-corrected chi connectivity index (χ3v) is 4.85. The van der Waals surface area contributed by atoms with Gasteiger partial charge in [0.15, 0.2) is 0 Å². The van der Waals surface area contributed by atoms with Crippen molar-refractivity contribution in [2.45, 2.75) is 63.6 Å². The summed E-state index contributed by atoms with van der Waals surface area (Å²) in [7, 11) is 0. The lowest BCUT2D eigenvalue weighted by Crippen LogP contribution is -2.43. The molecule has 1 heteroatoms. The van der Waals surface area contributed by atoms with Crippen molar-refractivity contribution in [2.24, 2.45) is 0 Å². The molecule has 0 amide bonds. The lowest BCUT2D eigenvalue weighted by molar-refractivity contribution is 0.107. The van der Waals surface area contributed by atoms with Crippen LogP contribution < -0.4 is 0 Å². The average molecular weight is 229 g/mol. The minimum atomic E-state index is 0.483. The number of rotatable bonds is 2. The summed E-state index contributed by atoms with van der Waals surface area (Å²) in [5.74, 6) is 0. The molecule has 92 valence electrons. The smallest absolute Gasteiger partial charge is 0.0242 e. The third kappa shape index (κ3) is 2.13. The Balaban J connectivity index is 1.81. The fraction of sp³-hybridized carbons (Fsp3) is 0.625. The van der Waals surface area contributed by atoms with Gasteiger partial charge in [0, 0.05) is 18.1 Å². The Labute approximate surface area is 105 Å². The summed E-state index contributed by atoms with van der Waals surface area (Å²) in [6, 6.07) is 11.8. The fourth-order valence-corrected chi connectivity index (χ4v) is 3.77. The fourth-order valence-electron chi connectivity index (χ4n) is 3.77. The van der Waals surface area contributed by atoms with E-state index in [-0.39, 0.29) is 0 Å². The van der Waals surface area contributed by atoms with Crippen molar-refractivity contribution in [3.05, 3.63) is 35.9 Å². The van der Waals surface area contributed by atoms with Crippen LogP contribution in [0.3, 0.4) is 0 Å². The zero-order valence-electron chi connectivity index (χ0n) is 10.9. The van der Waals surface area contributed by atoms with Gasteiger partial charge >= 0.3 is 0 Å². The Bertz CT molecular complexity index is 370. The molecule has 2 bridgehead atoms. The molecular weight excluding hydrogens is 206 g/mol. The normalized spacial score (nSPS) is 33.6. The van der Waals surface area contributed by atoms with Gasteiger partial charge in [-0.3, -0.25) is 4.90 Å². The minimum absolute atomic E-state index is 0.483. The van der Waals surface area contributed by atoms with Crippen LogP contribution in [0.15, 0.2) is 30.3 Å². The van der Waals surface area contributed by atoms with Crippen LogP contribution in [0, 0.1) is 0 Å². The highest BCUT2D eigenvalue weighted by Gasteiger charge is 2.43. The second-order valence-corrected chi connectivity index (χ2v) is 6.05. The van der Waals surface area contributed by atoms with E-state index in [9.17, 15) is 0 Å². The van der Waals surface area contributed by atoms with Crippen molar-refractivity contribution in [3.8, 4) is 0 Å². The maximum absolute atomic E-state index is 2.80. The number of fused-ring (bicyclic) bond motifs is 2. The van der Waals surface area contributed by atoms with Gasteiger partial charge in [-0.25, -0.2) is 0 Å². The molecule has 2 saturated heterocycles. The van der Waals surface area contributed by atoms with Gasteiger partial charge in [0.1, 0.15) is 0 Å². The van der Waals surface area contributed by atoms with Crippen molar-refractivity contribution in [2.75, 3.05) is 0 Å². The minimum Gasteiger partial charge on any atom is -0.291 e. The van der Waals surface area contributed by atoms with Gasteiger partial charge in [-0.2, -0.15) is 0 Å². The van der Waals surface area contributed by atoms with Crippen molar-refractivity contribution in [1.29, 1.82) is 0 Å². The Morgan fingerprint density at radius 1 is 1.12 bits per heavy atom. The Morgan fingerprint density at radius 2 is 1.94 bits per heavy atom. The van der Waals surface area contributed by atoms with Gasteiger partial charge in [0.2, 0.25) is 0 Å². The summed E-state index contributed by atoms with van der Waals surface area (Å²) in [4.78, 5) is 2.80. The van der Waals surface area contributed by atoms with Crippen LogP contribution in [0.5, 0.6) is 0 Å². The van der Waals surface area contributed by atoms with Gasteiger partial charge in [0.25, 0.3) is 0 Å². The highest BCUT2D eigenvalue weighted by molar-refractivity contribution is 5.16. The molecule has 0 aromatic heterocycles. The van der Waals surface area contributed by atoms with Gasteiger partial charge in [-0.1, -0.05) is 43.2 Å². The van der Waals surface area contributed by atoms with Crippen LogP contribution in [0.1, 0.15) is 51.0 Å². The summed E-state index contributed by atoms with van der Waals surface area (Å²) in [6.07, 6.45) is 8.51. The lowest BCUT2D eigenvalue weighted by Gasteiger charge is -2.37. The molecule has 2 heterocycles. The number of hydrogen-bond donors (Lipinski definition) is 0. The van der Waals surface area contributed by atoms with E-state index in [2.05, 4.69) is 42.2 Å². The predicted molar refractivity (Wildman–Crippen MR) is 71.9 cm³/mol. The van der Waals surface area contributed by atoms with E-state index < -0.39 is 0 Å². The molecular formula is C16H23N. The highest BCUT2D eigenvalue weighted by Crippen LogP contribution is 2.43. The molecule has 2 atom stereocenters. The monoisotopic (exact) mass is 229 g/mol. The molecule has 17 heavy (non-hydrogen) atoms. The van der Waals surface area contributed by atoms with E-state index in [4.69, 9.17) is 0 Å². The maximum atomic E-state index is 2.80. The first-order valence-corrected chi connectivity index (χ1v) is 7.09. The summed E-state index contributed by atoms with van der Waals surface area (Å²) in [5.41, 5.74) is 1.96. The Morgan fingerprint density at radius 3 is 2.76 bits per heavy atom.